The van der Waals surface area contributed by atoms with E-state index in [1.165, 1.54) is 12.1 Å². The summed E-state index contributed by atoms with van der Waals surface area (Å²) in [7, 11) is 0. The van der Waals surface area contributed by atoms with Crippen LogP contribution in [0.3, 0.4) is 0 Å². The lowest BCUT2D eigenvalue weighted by Gasteiger charge is -2.25. The van der Waals surface area contributed by atoms with Crippen molar-refractivity contribution in [3.63, 3.8) is 0 Å². The van der Waals surface area contributed by atoms with E-state index in [0.29, 0.717) is 0 Å². The first-order valence-corrected chi connectivity index (χ1v) is 6.59. The number of rotatable bonds is 3. The predicted molar refractivity (Wildman–Crippen MR) is 72.0 cm³/mol. The van der Waals surface area contributed by atoms with Gasteiger partial charge in [0.15, 0.2) is 0 Å². The zero-order valence-corrected chi connectivity index (χ0v) is 10.9. The minimum absolute atomic E-state index is 0.0684. The molecule has 1 saturated carbocycles. The molecular formula is C17H16F2. The highest BCUT2D eigenvalue weighted by atomic mass is 19.1. The first-order chi connectivity index (χ1) is 9.08. The molecule has 2 aromatic carbocycles. The van der Waals surface area contributed by atoms with Gasteiger partial charge in [-0.2, -0.15) is 0 Å². The Morgan fingerprint density at radius 3 is 1.74 bits per heavy atom. The Morgan fingerprint density at radius 1 is 0.895 bits per heavy atom. The van der Waals surface area contributed by atoms with Gasteiger partial charge in [-0.25, -0.2) is 8.78 Å². The lowest BCUT2D eigenvalue weighted by atomic mass is 9.79. The summed E-state index contributed by atoms with van der Waals surface area (Å²) in [6.45, 7) is 2.19. The number of benzene rings is 2. The van der Waals surface area contributed by atoms with Crippen LogP contribution in [-0.4, -0.2) is 0 Å². The van der Waals surface area contributed by atoms with Crippen LogP contribution in [0.2, 0.25) is 0 Å². The minimum atomic E-state index is -0.233. The third-order valence-electron chi connectivity index (χ3n) is 4.10. The van der Waals surface area contributed by atoms with E-state index in [-0.39, 0.29) is 23.0 Å². The molecule has 0 aromatic heterocycles. The zero-order chi connectivity index (χ0) is 13.5. The van der Waals surface area contributed by atoms with Crippen LogP contribution in [-0.2, 0) is 0 Å². The molecule has 1 aliphatic rings. The van der Waals surface area contributed by atoms with Crippen molar-refractivity contribution in [2.24, 2.45) is 5.41 Å². The molecule has 0 heterocycles. The lowest BCUT2D eigenvalue weighted by Crippen LogP contribution is -2.12. The first-order valence-electron chi connectivity index (χ1n) is 6.59. The van der Waals surface area contributed by atoms with Crippen LogP contribution in [0, 0.1) is 17.0 Å². The topological polar surface area (TPSA) is 0 Å². The van der Waals surface area contributed by atoms with Crippen LogP contribution in [0.15, 0.2) is 48.5 Å². The summed E-state index contributed by atoms with van der Waals surface area (Å²) in [4.78, 5) is 0. The Morgan fingerprint density at radius 2 is 1.37 bits per heavy atom. The number of halogens is 2. The summed E-state index contributed by atoms with van der Waals surface area (Å²) in [6.07, 6.45) is 2.20. The van der Waals surface area contributed by atoms with E-state index in [1.807, 2.05) is 12.1 Å². The summed E-state index contributed by atoms with van der Waals surface area (Å²) in [6, 6.07) is 13.3. The van der Waals surface area contributed by atoms with Gasteiger partial charge in [0, 0.05) is 5.92 Å². The average Bonchev–Trinajstić information content (AvgIpc) is 3.08. The second-order valence-electron chi connectivity index (χ2n) is 5.70. The van der Waals surface area contributed by atoms with Gasteiger partial charge in [0.2, 0.25) is 0 Å². The van der Waals surface area contributed by atoms with Gasteiger partial charge < -0.3 is 0 Å². The van der Waals surface area contributed by atoms with Crippen LogP contribution in [0.4, 0.5) is 8.78 Å². The third-order valence-corrected chi connectivity index (χ3v) is 4.10. The average molecular weight is 258 g/mol. The van der Waals surface area contributed by atoms with Gasteiger partial charge in [0.05, 0.1) is 0 Å². The van der Waals surface area contributed by atoms with Crippen molar-refractivity contribution in [1.29, 1.82) is 0 Å². The lowest BCUT2D eigenvalue weighted by molar-refractivity contribution is 0.489. The highest BCUT2D eigenvalue weighted by Gasteiger charge is 2.46. The second kappa shape index (κ2) is 4.44. The van der Waals surface area contributed by atoms with Gasteiger partial charge in [-0.1, -0.05) is 31.2 Å². The Balaban J connectivity index is 2.09. The van der Waals surface area contributed by atoms with Crippen LogP contribution < -0.4 is 0 Å². The smallest absolute Gasteiger partial charge is 0.123 e. The molecule has 1 fully saturated rings. The van der Waals surface area contributed by atoms with Crippen LogP contribution >= 0.6 is 0 Å². The van der Waals surface area contributed by atoms with Crippen LogP contribution in [0.1, 0.15) is 36.8 Å². The van der Waals surface area contributed by atoms with Gasteiger partial charge in [-0.05, 0) is 53.6 Å². The second-order valence-corrected chi connectivity index (χ2v) is 5.70. The largest absolute Gasteiger partial charge is 0.207 e. The Kier molecular flexibility index (Phi) is 2.89. The fraction of sp³-hybridized carbons (Fsp3) is 0.294. The summed E-state index contributed by atoms with van der Waals surface area (Å²) >= 11 is 0. The van der Waals surface area contributed by atoms with Gasteiger partial charge in [-0.3, -0.25) is 0 Å². The molecule has 19 heavy (non-hydrogen) atoms. The van der Waals surface area contributed by atoms with Crippen LogP contribution in [0.5, 0.6) is 0 Å². The van der Waals surface area contributed by atoms with Crippen molar-refractivity contribution in [2.75, 3.05) is 0 Å². The monoisotopic (exact) mass is 258 g/mol. The summed E-state index contributed by atoms with van der Waals surface area (Å²) in [5, 5.41) is 0. The molecule has 2 heteroatoms. The van der Waals surface area contributed by atoms with E-state index in [4.69, 9.17) is 0 Å². The van der Waals surface area contributed by atoms with E-state index < -0.39 is 0 Å². The van der Waals surface area contributed by atoms with E-state index in [9.17, 15) is 8.78 Å². The Bertz CT molecular complexity index is 554. The SMILES string of the molecule is CC1(C(c2cccc(F)c2)c2cccc(F)c2)CC1. The van der Waals surface area contributed by atoms with Gasteiger partial charge in [0.25, 0.3) is 0 Å². The van der Waals surface area contributed by atoms with Gasteiger partial charge in [0.1, 0.15) is 11.6 Å². The van der Waals surface area contributed by atoms with Gasteiger partial charge >= 0.3 is 0 Å². The molecule has 0 radical (unpaired) electrons. The molecule has 0 unspecified atom stereocenters. The molecule has 2 aromatic rings. The number of hydrogen-bond donors (Lipinski definition) is 0. The van der Waals surface area contributed by atoms with Crippen molar-refractivity contribution in [1.82, 2.24) is 0 Å². The molecule has 0 atom stereocenters. The third kappa shape index (κ3) is 2.40. The van der Waals surface area contributed by atoms with Crippen LogP contribution in [0.25, 0.3) is 0 Å². The normalized spacial score (nSPS) is 16.6. The molecule has 3 rings (SSSR count). The maximum atomic E-state index is 13.5. The summed E-state index contributed by atoms with van der Waals surface area (Å²) < 4.78 is 26.9. The highest BCUT2D eigenvalue weighted by molar-refractivity contribution is 5.37. The fourth-order valence-electron chi connectivity index (χ4n) is 2.86. The fourth-order valence-corrected chi connectivity index (χ4v) is 2.86. The van der Waals surface area contributed by atoms with E-state index in [1.54, 1.807) is 24.3 Å². The molecular weight excluding hydrogens is 242 g/mol. The highest BCUT2D eigenvalue weighted by Crippen LogP contribution is 2.58. The predicted octanol–water partition coefficient (Wildman–Crippen LogP) is 4.90. The molecule has 0 N–H and O–H groups in total. The standard InChI is InChI=1S/C17H16F2/c1-17(8-9-17)16(12-4-2-6-14(18)10-12)13-5-3-7-15(19)11-13/h2-7,10-11,16H,8-9H2,1H3. The molecule has 0 aliphatic heterocycles. The Labute approximate surface area is 112 Å². The molecule has 0 bridgehead atoms. The molecule has 0 nitrogen and oxygen atoms in total. The Hall–Kier alpha value is -1.70. The maximum Gasteiger partial charge on any atom is 0.123 e. The summed E-state index contributed by atoms with van der Waals surface area (Å²) in [5.74, 6) is -0.398. The van der Waals surface area contributed by atoms with Crippen molar-refractivity contribution < 1.29 is 8.78 Å². The van der Waals surface area contributed by atoms with Crippen molar-refractivity contribution in [3.05, 3.63) is 71.3 Å². The molecule has 1 aliphatic carbocycles. The zero-order valence-electron chi connectivity index (χ0n) is 10.9. The molecule has 98 valence electrons. The van der Waals surface area contributed by atoms with E-state index >= 15 is 0 Å². The molecule has 0 spiro atoms. The molecule has 0 saturated heterocycles. The first kappa shape index (κ1) is 12.3. The van der Waals surface area contributed by atoms with Gasteiger partial charge in [-0.15, -0.1) is 0 Å². The summed E-state index contributed by atoms with van der Waals surface area (Å²) in [5.41, 5.74) is 2.00. The number of hydrogen-bond acceptors (Lipinski definition) is 0. The quantitative estimate of drug-likeness (QED) is 0.734. The van der Waals surface area contributed by atoms with E-state index in [2.05, 4.69) is 6.92 Å². The van der Waals surface area contributed by atoms with Crippen molar-refractivity contribution in [2.45, 2.75) is 25.7 Å². The molecule has 0 amide bonds. The van der Waals surface area contributed by atoms with Crippen molar-refractivity contribution >= 4 is 0 Å². The van der Waals surface area contributed by atoms with E-state index in [0.717, 1.165) is 24.0 Å². The van der Waals surface area contributed by atoms with Crippen molar-refractivity contribution in [3.8, 4) is 0 Å². The maximum absolute atomic E-state index is 13.5. The minimum Gasteiger partial charge on any atom is -0.207 e.